The van der Waals surface area contributed by atoms with E-state index in [9.17, 15) is 9.59 Å². The number of pyridine rings is 1. The quantitative estimate of drug-likeness (QED) is 0.738. The summed E-state index contributed by atoms with van der Waals surface area (Å²) in [5.74, 6) is 0.480. The lowest BCUT2D eigenvalue weighted by Gasteiger charge is -2.31. The van der Waals surface area contributed by atoms with Gasteiger partial charge < -0.3 is 15.4 Å². The fourth-order valence-electron chi connectivity index (χ4n) is 2.78. The highest BCUT2D eigenvalue weighted by atomic mass is 16.5. The van der Waals surface area contributed by atoms with Gasteiger partial charge in [-0.05, 0) is 32.3 Å². The highest BCUT2D eigenvalue weighted by Crippen LogP contribution is 2.12. The molecule has 1 aromatic rings. The van der Waals surface area contributed by atoms with Crippen LogP contribution in [0.2, 0.25) is 0 Å². The van der Waals surface area contributed by atoms with Crippen LogP contribution in [0.1, 0.15) is 43.5 Å². The number of carbonyl (C=O) groups excluding carboxylic acids is 2. The molecule has 0 aliphatic carbocycles. The highest BCUT2D eigenvalue weighted by molar-refractivity contribution is 5.94. The third kappa shape index (κ3) is 6.34. The van der Waals surface area contributed by atoms with E-state index in [-0.39, 0.29) is 17.9 Å². The molecular weight excluding hydrogens is 320 g/mol. The zero-order valence-electron chi connectivity index (χ0n) is 15.1. The van der Waals surface area contributed by atoms with Crippen LogP contribution in [0, 0.1) is 0 Å². The predicted molar refractivity (Wildman–Crippen MR) is 95.6 cm³/mol. The molecule has 0 atom stereocenters. The van der Waals surface area contributed by atoms with Gasteiger partial charge in [0.1, 0.15) is 0 Å². The Bertz CT molecular complexity index is 554. The van der Waals surface area contributed by atoms with Crippen molar-refractivity contribution in [2.24, 2.45) is 0 Å². The molecule has 1 aromatic heterocycles. The number of likely N-dealkylation sites (tertiary alicyclic amines) is 1. The number of rotatable bonds is 8. The van der Waals surface area contributed by atoms with Gasteiger partial charge >= 0.3 is 0 Å². The maximum atomic E-state index is 12.3. The molecule has 7 nitrogen and oxygen atoms in total. The third-order valence-electron chi connectivity index (χ3n) is 4.15. The molecule has 1 fully saturated rings. The van der Waals surface area contributed by atoms with Gasteiger partial charge in [-0.25, -0.2) is 4.98 Å². The molecular formula is C18H28N4O3. The van der Waals surface area contributed by atoms with Gasteiger partial charge in [0.2, 0.25) is 11.8 Å². The summed E-state index contributed by atoms with van der Waals surface area (Å²) in [6.45, 7) is 7.26. The largest absolute Gasteiger partial charge is 0.478 e. The molecule has 138 valence electrons. The summed E-state index contributed by atoms with van der Waals surface area (Å²) in [4.78, 5) is 30.3. The zero-order chi connectivity index (χ0) is 18.1. The minimum atomic E-state index is -0.116. The number of hydrogen-bond donors (Lipinski definition) is 2. The summed E-state index contributed by atoms with van der Waals surface area (Å²) in [5.41, 5.74) is 0.532. The fraction of sp³-hybridized carbons (Fsp3) is 0.611. The lowest BCUT2D eigenvalue weighted by molar-refractivity contribution is -0.122. The first-order valence-corrected chi connectivity index (χ1v) is 9.01. The van der Waals surface area contributed by atoms with E-state index in [0.717, 1.165) is 38.9 Å². The first-order chi connectivity index (χ1) is 12.1. The van der Waals surface area contributed by atoms with Gasteiger partial charge in [-0.1, -0.05) is 6.92 Å². The number of nitrogens with one attached hydrogen (secondary N) is 2. The summed E-state index contributed by atoms with van der Waals surface area (Å²) in [5, 5.41) is 5.94. The van der Waals surface area contributed by atoms with Gasteiger partial charge in [-0.3, -0.25) is 14.5 Å². The standard InChI is InChI=1S/C18H28N4O3/c1-3-9-19-16(23)13-22-10-7-15(8-11-22)21-18(24)14-5-6-17(20-12-14)25-4-2/h5-6,12,15H,3-4,7-11,13H2,1-2H3,(H,19,23)(H,21,24). The molecule has 0 unspecified atom stereocenters. The first-order valence-electron chi connectivity index (χ1n) is 9.01. The molecule has 0 radical (unpaired) electrons. The Kier molecular flexibility index (Phi) is 7.66. The SMILES string of the molecule is CCCNC(=O)CN1CCC(NC(=O)c2ccc(OCC)nc2)CC1. The minimum Gasteiger partial charge on any atom is -0.478 e. The molecule has 0 spiro atoms. The van der Waals surface area contributed by atoms with Crippen LogP contribution in [-0.2, 0) is 4.79 Å². The fourth-order valence-corrected chi connectivity index (χ4v) is 2.78. The Morgan fingerprint density at radius 1 is 1.28 bits per heavy atom. The smallest absolute Gasteiger partial charge is 0.253 e. The van der Waals surface area contributed by atoms with Crippen LogP contribution < -0.4 is 15.4 Å². The van der Waals surface area contributed by atoms with Crippen LogP contribution in [0.4, 0.5) is 0 Å². The van der Waals surface area contributed by atoms with E-state index < -0.39 is 0 Å². The second kappa shape index (κ2) is 9.98. The van der Waals surface area contributed by atoms with Crippen molar-refractivity contribution in [3.63, 3.8) is 0 Å². The van der Waals surface area contributed by atoms with Crippen molar-refractivity contribution in [2.45, 2.75) is 39.2 Å². The van der Waals surface area contributed by atoms with Crippen molar-refractivity contribution < 1.29 is 14.3 Å². The van der Waals surface area contributed by atoms with E-state index >= 15 is 0 Å². The molecule has 25 heavy (non-hydrogen) atoms. The van der Waals surface area contributed by atoms with Crippen LogP contribution in [0.25, 0.3) is 0 Å². The lowest BCUT2D eigenvalue weighted by Crippen LogP contribution is -2.47. The molecule has 0 aromatic carbocycles. The Labute approximate surface area is 149 Å². The predicted octanol–water partition coefficient (Wildman–Crippen LogP) is 1.20. The average molecular weight is 348 g/mol. The summed E-state index contributed by atoms with van der Waals surface area (Å²) in [7, 11) is 0. The topological polar surface area (TPSA) is 83.6 Å². The van der Waals surface area contributed by atoms with Gasteiger partial charge in [-0.2, -0.15) is 0 Å². The maximum Gasteiger partial charge on any atom is 0.253 e. The van der Waals surface area contributed by atoms with Crippen LogP contribution in [0.3, 0.4) is 0 Å². The molecule has 2 heterocycles. The summed E-state index contributed by atoms with van der Waals surface area (Å²) < 4.78 is 5.28. The Morgan fingerprint density at radius 3 is 2.64 bits per heavy atom. The molecule has 7 heteroatoms. The number of amides is 2. The molecule has 0 saturated carbocycles. The number of piperidine rings is 1. The molecule has 2 N–H and O–H groups in total. The minimum absolute atomic E-state index is 0.0739. The normalized spacial score (nSPS) is 15.6. The van der Waals surface area contributed by atoms with Gasteiger partial charge in [0.15, 0.2) is 0 Å². The van der Waals surface area contributed by atoms with E-state index in [1.807, 2.05) is 13.8 Å². The average Bonchev–Trinajstić information content (AvgIpc) is 2.62. The van der Waals surface area contributed by atoms with Gasteiger partial charge in [0, 0.05) is 37.9 Å². The summed E-state index contributed by atoms with van der Waals surface area (Å²) in [6, 6.07) is 3.56. The number of aromatic nitrogens is 1. The van der Waals surface area contributed by atoms with Crippen molar-refractivity contribution in [2.75, 3.05) is 32.8 Å². The highest BCUT2D eigenvalue weighted by Gasteiger charge is 2.22. The van der Waals surface area contributed by atoms with Crippen molar-refractivity contribution in [3.8, 4) is 5.88 Å². The first kappa shape index (κ1) is 19.2. The van der Waals surface area contributed by atoms with E-state index in [2.05, 4.69) is 20.5 Å². The molecule has 1 aliphatic rings. The van der Waals surface area contributed by atoms with Crippen LogP contribution >= 0.6 is 0 Å². The molecule has 2 amide bonds. The van der Waals surface area contributed by atoms with E-state index in [1.54, 1.807) is 12.1 Å². The second-order valence-electron chi connectivity index (χ2n) is 6.19. The molecule has 0 bridgehead atoms. The van der Waals surface area contributed by atoms with Gasteiger partial charge in [-0.15, -0.1) is 0 Å². The van der Waals surface area contributed by atoms with Crippen LogP contribution in [0.15, 0.2) is 18.3 Å². The Hall–Kier alpha value is -2.15. The van der Waals surface area contributed by atoms with Gasteiger partial charge in [0.25, 0.3) is 5.91 Å². The van der Waals surface area contributed by atoms with E-state index in [1.165, 1.54) is 6.20 Å². The van der Waals surface area contributed by atoms with E-state index in [0.29, 0.717) is 24.6 Å². The third-order valence-corrected chi connectivity index (χ3v) is 4.15. The summed E-state index contributed by atoms with van der Waals surface area (Å²) in [6.07, 6.45) is 4.17. The molecule has 1 saturated heterocycles. The maximum absolute atomic E-state index is 12.3. The van der Waals surface area contributed by atoms with Crippen molar-refractivity contribution >= 4 is 11.8 Å². The number of hydrogen-bond acceptors (Lipinski definition) is 5. The number of ether oxygens (including phenoxy) is 1. The molecule has 2 rings (SSSR count). The summed E-state index contributed by atoms with van der Waals surface area (Å²) >= 11 is 0. The van der Waals surface area contributed by atoms with Crippen LogP contribution in [-0.4, -0.2) is 60.5 Å². The van der Waals surface area contributed by atoms with Crippen molar-refractivity contribution in [1.82, 2.24) is 20.5 Å². The Balaban J connectivity index is 1.73. The zero-order valence-corrected chi connectivity index (χ0v) is 15.1. The van der Waals surface area contributed by atoms with E-state index in [4.69, 9.17) is 4.74 Å². The second-order valence-corrected chi connectivity index (χ2v) is 6.19. The van der Waals surface area contributed by atoms with Crippen molar-refractivity contribution in [3.05, 3.63) is 23.9 Å². The van der Waals surface area contributed by atoms with Crippen LogP contribution in [0.5, 0.6) is 5.88 Å². The molecule has 1 aliphatic heterocycles. The number of nitrogens with zero attached hydrogens (tertiary/aromatic N) is 2. The van der Waals surface area contributed by atoms with Crippen molar-refractivity contribution in [1.29, 1.82) is 0 Å². The monoisotopic (exact) mass is 348 g/mol. The van der Waals surface area contributed by atoms with Gasteiger partial charge in [0.05, 0.1) is 18.7 Å². The Morgan fingerprint density at radius 2 is 2.04 bits per heavy atom. The lowest BCUT2D eigenvalue weighted by atomic mass is 10.0. The number of carbonyl (C=O) groups is 2.